The standard InChI is InChI=1S/C11H19N5O/c1-6-10-13-11(17-14-10)9(7-15(2)3)12-8-16(4)5/h7-8H,6H2,1-5H3/b9-7-,12-8?. The van der Waals surface area contributed by atoms with Crippen LogP contribution in [0.4, 0.5) is 0 Å². The van der Waals surface area contributed by atoms with Gasteiger partial charge in [-0.25, -0.2) is 4.99 Å². The van der Waals surface area contributed by atoms with Crippen LogP contribution >= 0.6 is 0 Å². The number of aryl methyl sites for hydroxylation is 1. The van der Waals surface area contributed by atoms with Gasteiger partial charge in [-0.05, 0) is 0 Å². The predicted molar refractivity (Wildman–Crippen MR) is 67.5 cm³/mol. The average molecular weight is 237 g/mol. The van der Waals surface area contributed by atoms with E-state index < -0.39 is 0 Å². The van der Waals surface area contributed by atoms with Crippen LogP contribution in [0.25, 0.3) is 5.70 Å². The van der Waals surface area contributed by atoms with E-state index in [9.17, 15) is 0 Å². The van der Waals surface area contributed by atoms with Gasteiger partial charge in [0.15, 0.2) is 5.82 Å². The molecule has 0 amide bonds. The normalized spacial score (nSPS) is 12.2. The molecule has 0 saturated heterocycles. The van der Waals surface area contributed by atoms with Crippen LogP contribution in [-0.2, 0) is 6.42 Å². The van der Waals surface area contributed by atoms with Crippen LogP contribution in [0, 0.1) is 0 Å². The molecule has 6 nitrogen and oxygen atoms in total. The maximum Gasteiger partial charge on any atom is 0.278 e. The highest BCUT2D eigenvalue weighted by Gasteiger charge is 2.10. The highest BCUT2D eigenvalue weighted by molar-refractivity contribution is 5.68. The van der Waals surface area contributed by atoms with Crippen molar-refractivity contribution in [2.45, 2.75) is 13.3 Å². The molecular weight excluding hydrogens is 218 g/mol. The van der Waals surface area contributed by atoms with E-state index in [1.54, 1.807) is 6.34 Å². The Kier molecular flexibility index (Phi) is 4.68. The molecule has 1 aromatic heterocycles. The molecule has 0 spiro atoms. The van der Waals surface area contributed by atoms with Gasteiger partial charge in [-0.3, -0.25) is 0 Å². The topological polar surface area (TPSA) is 57.8 Å². The lowest BCUT2D eigenvalue weighted by atomic mass is 10.4. The zero-order valence-electron chi connectivity index (χ0n) is 11.0. The maximum absolute atomic E-state index is 5.16. The molecule has 0 aliphatic heterocycles. The molecule has 0 N–H and O–H groups in total. The predicted octanol–water partition coefficient (Wildman–Crippen LogP) is 1.08. The van der Waals surface area contributed by atoms with Crippen molar-refractivity contribution in [3.63, 3.8) is 0 Å². The third-order valence-corrected chi connectivity index (χ3v) is 1.81. The summed E-state index contributed by atoms with van der Waals surface area (Å²) in [5.41, 5.74) is 0.649. The van der Waals surface area contributed by atoms with E-state index in [1.807, 2.05) is 51.1 Å². The third kappa shape index (κ3) is 4.26. The van der Waals surface area contributed by atoms with Gasteiger partial charge in [0.1, 0.15) is 5.70 Å². The highest BCUT2D eigenvalue weighted by atomic mass is 16.5. The molecule has 0 radical (unpaired) electrons. The van der Waals surface area contributed by atoms with Crippen molar-refractivity contribution in [3.05, 3.63) is 17.9 Å². The van der Waals surface area contributed by atoms with Crippen molar-refractivity contribution in [1.29, 1.82) is 0 Å². The van der Waals surface area contributed by atoms with E-state index in [0.29, 0.717) is 17.4 Å². The number of rotatable bonds is 5. The fraction of sp³-hybridized carbons (Fsp3) is 0.545. The molecule has 6 heteroatoms. The minimum atomic E-state index is 0.439. The smallest absolute Gasteiger partial charge is 0.278 e. The summed E-state index contributed by atoms with van der Waals surface area (Å²) in [5, 5.41) is 3.86. The SMILES string of the molecule is CCc1noc(/C(=C/N(C)C)N=CN(C)C)n1. The fourth-order valence-electron chi connectivity index (χ4n) is 1.07. The molecule has 0 saturated carbocycles. The Labute approximate surface area is 102 Å². The van der Waals surface area contributed by atoms with Crippen LogP contribution < -0.4 is 0 Å². The summed E-state index contributed by atoms with van der Waals surface area (Å²) in [6.07, 6.45) is 4.29. The lowest BCUT2D eigenvalue weighted by Gasteiger charge is -2.07. The molecule has 0 aromatic carbocycles. The number of nitrogens with zero attached hydrogens (tertiary/aromatic N) is 5. The van der Waals surface area contributed by atoms with Crippen molar-refractivity contribution in [2.24, 2.45) is 4.99 Å². The summed E-state index contributed by atoms with van der Waals surface area (Å²) in [4.78, 5) is 12.3. The number of aromatic nitrogens is 2. The first-order valence-corrected chi connectivity index (χ1v) is 5.44. The maximum atomic E-state index is 5.16. The van der Waals surface area contributed by atoms with Crippen molar-refractivity contribution < 1.29 is 4.52 Å². The Morgan fingerprint density at radius 3 is 2.47 bits per heavy atom. The molecular formula is C11H19N5O. The van der Waals surface area contributed by atoms with E-state index in [4.69, 9.17) is 4.52 Å². The van der Waals surface area contributed by atoms with Crippen molar-refractivity contribution in [1.82, 2.24) is 19.9 Å². The third-order valence-electron chi connectivity index (χ3n) is 1.81. The minimum absolute atomic E-state index is 0.439. The molecule has 1 rings (SSSR count). The van der Waals surface area contributed by atoms with Gasteiger partial charge in [0.05, 0.1) is 6.34 Å². The molecule has 0 unspecified atom stereocenters. The second kappa shape index (κ2) is 6.03. The first-order chi connectivity index (χ1) is 8.02. The van der Waals surface area contributed by atoms with E-state index in [-0.39, 0.29) is 0 Å². The van der Waals surface area contributed by atoms with Gasteiger partial charge in [0.2, 0.25) is 0 Å². The van der Waals surface area contributed by atoms with Crippen LogP contribution in [0.1, 0.15) is 18.6 Å². The summed E-state index contributed by atoms with van der Waals surface area (Å²) in [7, 11) is 7.65. The fourth-order valence-corrected chi connectivity index (χ4v) is 1.07. The Bertz CT molecular complexity index is 406. The van der Waals surface area contributed by atoms with Gasteiger partial charge in [0, 0.05) is 40.8 Å². The van der Waals surface area contributed by atoms with Gasteiger partial charge in [-0.1, -0.05) is 12.1 Å². The number of hydrogen-bond acceptors (Lipinski definition) is 5. The minimum Gasteiger partial charge on any atom is -0.382 e. The van der Waals surface area contributed by atoms with Crippen molar-refractivity contribution in [3.8, 4) is 0 Å². The summed E-state index contributed by atoms with van der Waals surface area (Å²) in [6.45, 7) is 1.98. The van der Waals surface area contributed by atoms with Crippen LogP contribution in [0.5, 0.6) is 0 Å². The monoisotopic (exact) mass is 237 g/mol. The Balaban J connectivity index is 2.98. The quantitative estimate of drug-likeness (QED) is 0.566. The zero-order chi connectivity index (χ0) is 12.8. The zero-order valence-corrected chi connectivity index (χ0v) is 11.0. The second-order valence-electron chi connectivity index (χ2n) is 4.06. The Hall–Kier alpha value is -1.85. The van der Waals surface area contributed by atoms with Crippen LogP contribution in [-0.4, -0.2) is 54.5 Å². The van der Waals surface area contributed by atoms with Crippen molar-refractivity contribution >= 4 is 12.0 Å². The summed E-state index contributed by atoms with van der Waals surface area (Å²) in [5.74, 6) is 1.12. The van der Waals surface area contributed by atoms with Crippen LogP contribution in [0.15, 0.2) is 15.7 Å². The Morgan fingerprint density at radius 1 is 1.29 bits per heavy atom. The number of aliphatic imine (C=N–C) groups is 1. The van der Waals surface area contributed by atoms with Gasteiger partial charge in [0.25, 0.3) is 5.89 Å². The van der Waals surface area contributed by atoms with E-state index in [2.05, 4.69) is 15.1 Å². The Morgan fingerprint density at radius 2 is 2.00 bits per heavy atom. The first kappa shape index (κ1) is 13.2. The van der Waals surface area contributed by atoms with Gasteiger partial charge in [-0.2, -0.15) is 4.98 Å². The molecule has 17 heavy (non-hydrogen) atoms. The molecule has 0 aliphatic carbocycles. The lowest BCUT2D eigenvalue weighted by Crippen LogP contribution is -2.08. The van der Waals surface area contributed by atoms with Crippen LogP contribution in [0.3, 0.4) is 0 Å². The molecule has 0 aliphatic rings. The van der Waals surface area contributed by atoms with Gasteiger partial charge in [-0.15, -0.1) is 0 Å². The summed E-state index contributed by atoms with van der Waals surface area (Å²) in [6, 6.07) is 0. The second-order valence-corrected chi connectivity index (χ2v) is 4.06. The molecule has 94 valence electrons. The van der Waals surface area contributed by atoms with Crippen molar-refractivity contribution in [2.75, 3.05) is 28.2 Å². The van der Waals surface area contributed by atoms with E-state index >= 15 is 0 Å². The summed E-state index contributed by atoms with van der Waals surface area (Å²) < 4.78 is 5.16. The molecule has 0 atom stereocenters. The van der Waals surface area contributed by atoms with Gasteiger partial charge < -0.3 is 14.3 Å². The lowest BCUT2D eigenvalue weighted by molar-refractivity contribution is 0.399. The summed E-state index contributed by atoms with van der Waals surface area (Å²) >= 11 is 0. The first-order valence-electron chi connectivity index (χ1n) is 5.44. The molecule has 1 heterocycles. The molecule has 0 fully saturated rings. The molecule has 1 aromatic rings. The highest BCUT2D eigenvalue weighted by Crippen LogP contribution is 2.13. The average Bonchev–Trinajstić information content (AvgIpc) is 2.71. The van der Waals surface area contributed by atoms with Crippen LogP contribution in [0.2, 0.25) is 0 Å². The van der Waals surface area contributed by atoms with E-state index in [0.717, 1.165) is 6.42 Å². The molecule has 0 bridgehead atoms. The largest absolute Gasteiger partial charge is 0.382 e. The van der Waals surface area contributed by atoms with E-state index in [1.165, 1.54) is 0 Å². The number of hydrogen-bond donors (Lipinski definition) is 0. The van der Waals surface area contributed by atoms with Gasteiger partial charge >= 0.3 is 0 Å².